The number of alkyl carbamates (subject to hydrolysis) is 1. The van der Waals surface area contributed by atoms with Gasteiger partial charge in [-0.15, -0.1) is 0 Å². The van der Waals surface area contributed by atoms with E-state index in [1.165, 1.54) is 0 Å². The number of quaternary nitrogens is 1. The summed E-state index contributed by atoms with van der Waals surface area (Å²) in [6.07, 6.45) is 0.966. The predicted molar refractivity (Wildman–Crippen MR) is 119 cm³/mol. The Morgan fingerprint density at radius 3 is 2.13 bits per heavy atom. The maximum absolute atomic E-state index is 12.7. The number of likely N-dealkylation sites (tertiary alicyclic amines) is 1. The Morgan fingerprint density at radius 2 is 1.65 bits per heavy atom. The van der Waals surface area contributed by atoms with Gasteiger partial charge in [0.2, 0.25) is 0 Å². The molecule has 31 heavy (non-hydrogen) atoms. The predicted octanol–water partition coefficient (Wildman–Crippen LogP) is 3.85. The van der Waals surface area contributed by atoms with Gasteiger partial charge in [-0.25, -0.2) is 9.59 Å². The van der Waals surface area contributed by atoms with Crippen molar-refractivity contribution < 1.29 is 23.9 Å². The molecule has 4 rings (SSSR count). The first-order valence-corrected chi connectivity index (χ1v) is 10.9. The molecule has 0 bridgehead atoms. The highest BCUT2D eigenvalue weighted by molar-refractivity contribution is 5.82. The molecule has 0 saturated carbocycles. The lowest BCUT2D eigenvalue weighted by Gasteiger charge is -2.55. The normalized spacial score (nSPS) is 18.9. The van der Waals surface area contributed by atoms with Gasteiger partial charge in [-0.1, -0.05) is 61.9 Å². The van der Waals surface area contributed by atoms with Crippen LogP contribution in [0.2, 0.25) is 0 Å². The number of carbonyl (C=O) groups excluding carboxylic acids is 1. The minimum atomic E-state index is -0.998. The van der Waals surface area contributed by atoms with E-state index in [0.717, 1.165) is 52.7 Å². The van der Waals surface area contributed by atoms with Crippen molar-refractivity contribution in [3.8, 4) is 11.1 Å². The van der Waals surface area contributed by atoms with Crippen molar-refractivity contribution in [1.29, 1.82) is 0 Å². The summed E-state index contributed by atoms with van der Waals surface area (Å²) in [5.41, 5.74) is 4.15. The van der Waals surface area contributed by atoms with Crippen LogP contribution >= 0.6 is 0 Å². The van der Waals surface area contributed by atoms with Crippen LogP contribution in [0.3, 0.4) is 0 Å². The molecule has 1 saturated heterocycles. The van der Waals surface area contributed by atoms with Crippen molar-refractivity contribution in [2.45, 2.75) is 31.7 Å². The topological polar surface area (TPSA) is 75.6 Å². The molecule has 1 heterocycles. The van der Waals surface area contributed by atoms with Crippen molar-refractivity contribution in [3.63, 3.8) is 0 Å². The Morgan fingerprint density at radius 1 is 1.10 bits per heavy atom. The summed E-state index contributed by atoms with van der Waals surface area (Å²) in [6, 6.07) is 15.3. The molecular weight excluding hydrogens is 392 g/mol. The van der Waals surface area contributed by atoms with E-state index >= 15 is 0 Å². The third-order valence-electron chi connectivity index (χ3n) is 6.70. The van der Waals surface area contributed by atoms with Crippen molar-refractivity contribution in [2.75, 3.05) is 33.8 Å². The average molecular weight is 424 g/mol. The van der Waals surface area contributed by atoms with Crippen LogP contribution in [-0.2, 0) is 9.53 Å². The summed E-state index contributed by atoms with van der Waals surface area (Å²) in [5, 5.41) is 12.6. The molecule has 1 aliphatic carbocycles. The number of ether oxygens (including phenoxy) is 1. The quantitative estimate of drug-likeness (QED) is 0.663. The standard InChI is InChI=1S/C25H30N2O4/c1-4-13-25(15-27(2,3)16-25)22(23(28)29)26-24(30)31-14-21-19-11-7-5-9-17(19)18-10-6-8-12-20(18)21/h5-12,21-22H,4,13-16H2,1-3H3,(H-,26,28,29,30)/p+1/t22-/m1/s1. The number of hydrogen-bond acceptors (Lipinski definition) is 3. The third-order valence-corrected chi connectivity index (χ3v) is 6.70. The second-order valence-electron chi connectivity index (χ2n) is 9.61. The van der Waals surface area contributed by atoms with Crippen LogP contribution in [-0.4, -0.2) is 61.5 Å². The summed E-state index contributed by atoms with van der Waals surface area (Å²) in [4.78, 5) is 24.8. The van der Waals surface area contributed by atoms with E-state index < -0.39 is 23.5 Å². The fourth-order valence-electron chi connectivity index (χ4n) is 5.88. The molecule has 1 aliphatic heterocycles. The highest BCUT2D eigenvalue weighted by atomic mass is 16.5. The zero-order valence-electron chi connectivity index (χ0n) is 18.4. The molecule has 0 aromatic heterocycles. The van der Waals surface area contributed by atoms with E-state index in [0.29, 0.717) is 0 Å². The van der Waals surface area contributed by atoms with Gasteiger partial charge in [-0.2, -0.15) is 0 Å². The van der Waals surface area contributed by atoms with Crippen LogP contribution in [0.15, 0.2) is 48.5 Å². The van der Waals surface area contributed by atoms with Gasteiger partial charge in [0.25, 0.3) is 0 Å². The Hall–Kier alpha value is -2.86. The molecule has 6 heteroatoms. The Labute approximate surface area is 183 Å². The second kappa shape index (κ2) is 8.00. The molecule has 2 aromatic rings. The van der Waals surface area contributed by atoms with E-state index in [1.54, 1.807) is 0 Å². The van der Waals surface area contributed by atoms with Crippen molar-refractivity contribution in [2.24, 2.45) is 5.41 Å². The maximum Gasteiger partial charge on any atom is 0.407 e. The summed E-state index contributed by atoms with van der Waals surface area (Å²) >= 11 is 0. The molecule has 1 fully saturated rings. The molecule has 1 atom stereocenters. The van der Waals surface area contributed by atoms with Gasteiger partial charge in [-0.05, 0) is 28.7 Å². The lowest BCUT2D eigenvalue weighted by Crippen LogP contribution is -2.73. The molecule has 2 aromatic carbocycles. The van der Waals surface area contributed by atoms with Crippen molar-refractivity contribution in [1.82, 2.24) is 5.32 Å². The first-order chi connectivity index (χ1) is 14.8. The van der Waals surface area contributed by atoms with E-state index in [1.807, 2.05) is 31.2 Å². The summed E-state index contributed by atoms with van der Waals surface area (Å²) in [5.74, 6) is -1.05. The van der Waals surface area contributed by atoms with Crippen molar-refractivity contribution >= 4 is 12.1 Å². The van der Waals surface area contributed by atoms with Crippen molar-refractivity contribution in [3.05, 3.63) is 59.7 Å². The summed E-state index contributed by atoms with van der Waals surface area (Å²) in [7, 11) is 4.17. The summed E-state index contributed by atoms with van der Waals surface area (Å²) < 4.78 is 6.36. The van der Waals surface area contributed by atoms with E-state index in [4.69, 9.17) is 4.74 Å². The van der Waals surface area contributed by atoms with Crippen LogP contribution in [0, 0.1) is 5.41 Å². The monoisotopic (exact) mass is 423 g/mol. The fourth-order valence-corrected chi connectivity index (χ4v) is 5.88. The van der Waals surface area contributed by atoms with Gasteiger partial charge in [0, 0.05) is 5.92 Å². The molecule has 0 unspecified atom stereocenters. The van der Waals surface area contributed by atoms with Crippen LogP contribution in [0.1, 0.15) is 36.8 Å². The molecule has 1 amide bonds. The van der Waals surface area contributed by atoms with Gasteiger partial charge < -0.3 is 19.6 Å². The number of nitrogens with one attached hydrogen (secondary N) is 1. The maximum atomic E-state index is 12.7. The molecule has 164 valence electrons. The number of amides is 1. The number of hydrogen-bond donors (Lipinski definition) is 2. The highest BCUT2D eigenvalue weighted by Gasteiger charge is 2.58. The number of fused-ring (bicyclic) bond motifs is 3. The third kappa shape index (κ3) is 3.92. The molecule has 2 aliphatic rings. The Bertz CT molecular complexity index is 947. The van der Waals surface area contributed by atoms with Crippen LogP contribution in [0.5, 0.6) is 0 Å². The minimum Gasteiger partial charge on any atom is -0.480 e. The molecular formula is C25H31N2O4+. The van der Waals surface area contributed by atoms with E-state index in [2.05, 4.69) is 43.7 Å². The number of rotatable bonds is 7. The smallest absolute Gasteiger partial charge is 0.407 e. The number of benzene rings is 2. The largest absolute Gasteiger partial charge is 0.480 e. The van der Waals surface area contributed by atoms with Gasteiger partial charge >= 0.3 is 12.1 Å². The van der Waals surface area contributed by atoms with Gasteiger partial charge in [0.15, 0.2) is 0 Å². The first kappa shape index (κ1) is 21.4. The average Bonchev–Trinajstić information content (AvgIpc) is 3.03. The first-order valence-electron chi connectivity index (χ1n) is 10.9. The van der Waals surface area contributed by atoms with Gasteiger partial charge in [-0.3, -0.25) is 0 Å². The van der Waals surface area contributed by atoms with Crippen LogP contribution < -0.4 is 5.32 Å². The number of carbonyl (C=O) groups is 2. The van der Waals surface area contributed by atoms with Crippen LogP contribution in [0.25, 0.3) is 11.1 Å². The highest BCUT2D eigenvalue weighted by Crippen LogP contribution is 2.45. The molecule has 6 nitrogen and oxygen atoms in total. The van der Waals surface area contributed by atoms with Crippen LogP contribution in [0.4, 0.5) is 4.79 Å². The number of nitrogens with zero attached hydrogens (tertiary/aromatic N) is 1. The lowest BCUT2D eigenvalue weighted by atomic mass is 9.69. The number of carboxylic acids is 1. The zero-order valence-corrected chi connectivity index (χ0v) is 18.4. The number of carboxylic acid groups (broad SMARTS) is 1. The fraction of sp³-hybridized carbons (Fsp3) is 0.440. The Kier molecular flexibility index (Phi) is 5.52. The van der Waals surface area contributed by atoms with Gasteiger partial charge in [0.05, 0.1) is 32.6 Å². The molecule has 0 spiro atoms. The second-order valence-corrected chi connectivity index (χ2v) is 9.61. The van der Waals surface area contributed by atoms with E-state index in [-0.39, 0.29) is 12.5 Å². The molecule has 2 N–H and O–H groups in total. The SMILES string of the molecule is CCCC1([C@H](NC(=O)OCC2c3ccccc3-c3ccccc32)C(=O)O)C[N+](C)(C)C1. The summed E-state index contributed by atoms with van der Waals surface area (Å²) in [6.45, 7) is 3.67. The Balaban J connectivity index is 1.47. The molecule has 0 radical (unpaired) electrons. The lowest BCUT2D eigenvalue weighted by molar-refractivity contribution is -0.950. The van der Waals surface area contributed by atoms with Gasteiger partial charge in [0.1, 0.15) is 12.6 Å². The number of aliphatic carboxylic acids is 1. The zero-order chi connectivity index (χ0) is 22.2. The van der Waals surface area contributed by atoms with E-state index in [9.17, 15) is 14.7 Å². The minimum absolute atomic E-state index is 0.0506.